The standard InChI is InChI=1S/C27H25N7O/c1-3-26(35)31(2)24-16-32(17-24)22-6-4-18(5-7-22)25-10-19(14-34-27(25)20(11-28)12-30-34)21-13-29-33(15-21)23-8-9-23/h3-7,10,12-15,23-24H,1,8-9,16-17H2,2H3. The van der Waals surface area contributed by atoms with Crippen molar-refractivity contribution in [2.24, 2.45) is 0 Å². The van der Waals surface area contributed by atoms with Crippen molar-refractivity contribution in [3.63, 3.8) is 0 Å². The summed E-state index contributed by atoms with van der Waals surface area (Å²) in [4.78, 5) is 15.8. The van der Waals surface area contributed by atoms with E-state index < -0.39 is 0 Å². The molecule has 0 unspecified atom stereocenters. The summed E-state index contributed by atoms with van der Waals surface area (Å²) in [5.74, 6) is -0.0503. The zero-order valence-electron chi connectivity index (χ0n) is 19.5. The van der Waals surface area contributed by atoms with Crippen LogP contribution in [0, 0.1) is 11.3 Å². The van der Waals surface area contributed by atoms with Gasteiger partial charge in [0.2, 0.25) is 5.91 Å². The third-order valence-corrected chi connectivity index (χ3v) is 7.06. The smallest absolute Gasteiger partial charge is 0.246 e. The maximum Gasteiger partial charge on any atom is 0.246 e. The molecule has 1 saturated carbocycles. The van der Waals surface area contributed by atoms with Gasteiger partial charge in [-0.2, -0.15) is 15.5 Å². The van der Waals surface area contributed by atoms with Gasteiger partial charge in [0, 0.05) is 54.9 Å². The van der Waals surface area contributed by atoms with E-state index in [4.69, 9.17) is 0 Å². The number of amides is 1. The van der Waals surface area contributed by atoms with Gasteiger partial charge in [-0.25, -0.2) is 4.52 Å². The predicted molar refractivity (Wildman–Crippen MR) is 134 cm³/mol. The second-order valence-corrected chi connectivity index (χ2v) is 9.30. The zero-order valence-corrected chi connectivity index (χ0v) is 19.5. The van der Waals surface area contributed by atoms with Gasteiger partial charge in [-0.3, -0.25) is 9.48 Å². The Morgan fingerprint density at radius 2 is 1.89 bits per heavy atom. The van der Waals surface area contributed by atoms with Crippen molar-refractivity contribution < 1.29 is 4.79 Å². The van der Waals surface area contributed by atoms with E-state index >= 15 is 0 Å². The van der Waals surface area contributed by atoms with Crippen LogP contribution >= 0.6 is 0 Å². The van der Waals surface area contributed by atoms with Gasteiger partial charge < -0.3 is 9.80 Å². The van der Waals surface area contributed by atoms with E-state index in [1.54, 1.807) is 15.6 Å². The highest BCUT2D eigenvalue weighted by Crippen LogP contribution is 2.37. The molecule has 0 bridgehead atoms. The molecule has 0 spiro atoms. The van der Waals surface area contributed by atoms with Gasteiger partial charge in [-0.05, 0) is 42.7 Å². The minimum Gasteiger partial charge on any atom is -0.367 e. The average Bonchev–Trinajstić information content (AvgIpc) is 3.43. The van der Waals surface area contributed by atoms with Crippen molar-refractivity contribution in [2.75, 3.05) is 25.0 Å². The number of pyridine rings is 1. The number of nitrogens with zero attached hydrogens (tertiary/aromatic N) is 7. The number of benzene rings is 1. The highest BCUT2D eigenvalue weighted by molar-refractivity contribution is 5.88. The van der Waals surface area contributed by atoms with Gasteiger partial charge in [0.05, 0.1) is 35.6 Å². The van der Waals surface area contributed by atoms with Crippen LogP contribution in [0.1, 0.15) is 24.4 Å². The first-order chi connectivity index (χ1) is 17.1. The van der Waals surface area contributed by atoms with Gasteiger partial charge in [0.15, 0.2) is 0 Å². The summed E-state index contributed by atoms with van der Waals surface area (Å²) in [5.41, 5.74) is 6.48. The van der Waals surface area contributed by atoms with Gasteiger partial charge in [-0.1, -0.05) is 18.7 Å². The Morgan fingerprint density at radius 1 is 1.11 bits per heavy atom. The Bertz CT molecular complexity index is 1480. The molecule has 6 rings (SSSR count). The second-order valence-electron chi connectivity index (χ2n) is 9.30. The Kier molecular flexibility index (Phi) is 4.92. The van der Waals surface area contributed by atoms with E-state index in [2.05, 4.69) is 64.3 Å². The molecule has 2 fully saturated rings. The minimum absolute atomic E-state index is 0.0503. The third-order valence-electron chi connectivity index (χ3n) is 7.06. The molecule has 0 N–H and O–H groups in total. The van der Waals surface area contributed by atoms with Crippen molar-refractivity contribution in [3.05, 3.63) is 73.3 Å². The Balaban J connectivity index is 1.31. The number of carbonyl (C=O) groups excluding carboxylic acids is 1. The largest absolute Gasteiger partial charge is 0.367 e. The van der Waals surface area contributed by atoms with Crippen LogP contribution in [0.4, 0.5) is 5.69 Å². The number of anilines is 1. The molecular formula is C27H25N7O. The molecule has 1 saturated heterocycles. The number of likely N-dealkylation sites (N-methyl/N-ethyl adjacent to an activating group) is 1. The lowest BCUT2D eigenvalue weighted by Gasteiger charge is -2.45. The lowest BCUT2D eigenvalue weighted by Crippen LogP contribution is -2.59. The van der Waals surface area contributed by atoms with Gasteiger partial charge in [-0.15, -0.1) is 0 Å². The van der Waals surface area contributed by atoms with Gasteiger partial charge >= 0.3 is 0 Å². The normalized spacial score (nSPS) is 15.6. The number of hydrogen-bond acceptors (Lipinski definition) is 5. The molecule has 35 heavy (non-hydrogen) atoms. The topological polar surface area (TPSA) is 82.5 Å². The monoisotopic (exact) mass is 463 g/mol. The molecule has 1 aliphatic carbocycles. The summed E-state index contributed by atoms with van der Waals surface area (Å²) in [6, 6.07) is 13.5. The van der Waals surface area contributed by atoms with E-state index in [1.807, 2.05) is 24.1 Å². The molecule has 1 aliphatic heterocycles. The van der Waals surface area contributed by atoms with E-state index in [1.165, 1.54) is 18.9 Å². The van der Waals surface area contributed by atoms with Crippen LogP contribution < -0.4 is 4.90 Å². The summed E-state index contributed by atoms with van der Waals surface area (Å²) in [6.45, 7) is 5.16. The van der Waals surface area contributed by atoms with Crippen LogP contribution in [0.5, 0.6) is 0 Å². The van der Waals surface area contributed by atoms with E-state index in [0.29, 0.717) is 11.6 Å². The average molecular weight is 464 g/mol. The number of fused-ring (bicyclic) bond motifs is 1. The van der Waals surface area contributed by atoms with Crippen LogP contribution in [0.3, 0.4) is 0 Å². The number of hydrogen-bond donors (Lipinski definition) is 0. The molecule has 4 aromatic rings. The molecular weight excluding hydrogens is 438 g/mol. The lowest BCUT2D eigenvalue weighted by molar-refractivity contribution is -0.127. The first kappa shape index (κ1) is 21.2. The van der Waals surface area contributed by atoms with E-state index in [-0.39, 0.29) is 11.9 Å². The number of nitriles is 1. The summed E-state index contributed by atoms with van der Waals surface area (Å²) in [6.07, 6.45) is 11.3. The van der Waals surface area contributed by atoms with Gasteiger partial charge in [0.25, 0.3) is 0 Å². The highest BCUT2D eigenvalue weighted by atomic mass is 16.2. The SMILES string of the molecule is C=CC(=O)N(C)C1CN(c2ccc(-c3cc(-c4cnn(C5CC5)c4)cn4ncc(C#N)c34)cc2)C1. The summed E-state index contributed by atoms with van der Waals surface area (Å²) in [5, 5.41) is 18.7. The highest BCUT2D eigenvalue weighted by Gasteiger charge is 2.31. The Morgan fingerprint density at radius 3 is 2.57 bits per heavy atom. The molecule has 8 nitrogen and oxygen atoms in total. The van der Waals surface area contributed by atoms with Crippen molar-refractivity contribution in [3.8, 4) is 28.3 Å². The molecule has 0 radical (unpaired) electrons. The quantitative estimate of drug-likeness (QED) is 0.405. The predicted octanol–water partition coefficient (Wildman–Crippen LogP) is 3.90. The summed E-state index contributed by atoms with van der Waals surface area (Å²) < 4.78 is 3.83. The van der Waals surface area contributed by atoms with Crippen LogP contribution in [0.25, 0.3) is 27.8 Å². The molecule has 1 amide bonds. The maximum atomic E-state index is 11.8. The molecule has 4 heterocycles. The second kappa shape index (κ2) is 8.13. The minimum atomic E-state index is -0.0503. The van der Waals surface area contributed by atoms with E-state index in [0.717, 1.165) is 46.5 Å². The molecule has 0 atom stereocenters. The first-order valence-electron chi connectivity index (χ1n) is 11.8. The maximum absolute atomic E-state index is 11.8. The van der Waals surface area contributed by atoms with Crippen LogP contribution in [0.15, 0.2) is 67.8 Å². The summed E-state index contributed by atoms with van der Waals surface area (Å²) >= 11 is 0. The number of aromatic nitrogens is 4. The van der Waals surface area contributed by atoms with Crippen LogP contribution in [0.2, 0.25) is 0 Å². The van der Waals surface area contributed by atoms with Crippen LogP contribution in [-0.4, -0.2) is 56.4 Å². The van der Waals surface area contributed by atoms with E-state index in [9.17, 15) is 10.1 Å². The zero-order chi connectivity index (χ0) is 24.1. The fourth-order valence-electron chi connectivity index (χ4n) is 4.69. The lowest BCUT2D eigenvalue weighted by atomic mass is 9.99. The molecule has 8 heteroatoms. The van der Waals surface area contributed by atoms with Crippen molar-refractivity contribution in [1.82, 2.24) is 24.3 Å². The molecule has 3 aromatic heterocycles. The Labute approximate surface area is 203 Å². The third kappa shape index (κ3) is 3.66. The number of carbonyl (C=O) groups is 1. The fraction of sp³-hybridized carbons (Fsp3) is 0.259. The van der Waals surface area contributed by atoms with Crippen molar-refractivity contribution >= 4 is 17.1 Å². The first-order valence-corrected chi connectivity index (χ1v) is 11.8. The number of rotatable bonds is 6. The molecule has 174 valence electrons. The van der Waals surface area contributed by atoms with Crippen molar-refractivity contribution in [2.45, 2.75) is 24.9 Å². The Hall–Kier alpha value is -4.38. The van der Waals surface area contributed by atoms with Crippen molar-refractivity contribution in [1.29, 1.82) is 5.26 Å². The molecule has 1 aromatic carbocycles. The molecule has 2 aliphatic rings. The van der Waals surface area contributed by atoms with Gasteiger partial charge in [0.1, 0.15) is 6.07 Å². The summed E-state index contributed by atoms with van der Waals surface area (Å²) in [7, 11) is 1.82. The fourth-order valence-corrected chi connectivity index (χ4v) is 4.69. The van der Waals surface area contributed by atoms with Crippen LogP contribution in [-0.2, 0) is 4.79 Å².